The maximum absolute atomic E-state index is 12.8. The van der Waals surface area contributed by atoms with E-state index >= 15 is 0 Å². The maximum Gasteiger partial charge on any atom is 0.325 e. The normalized spacial score (nSPS) is 21.7. The Morgan fingerprint density at radius 3 is 2.11 bits per heavy atom. The molecule has 2 N–H and O–H groups in total. The van der Waals surface area contributed by atoms with Crippen LogP contribution >= 0.6 is 0 Å². The number of hydrogen-bond acceptors (Lipinski definition) is 3. The molecule has 2 aromatic carbocycles. The molecule has 1 unspecified atom stereocenters. The van der Waals surface area contributed by atoms with E-state index < -0.39 is 11.6 Å². The van der Waals surface area contributed by atoms with E-state index in [1.807, 2.05) is 60.7 Å². The highest BCUT2D eigenvalue weighted by molar-refractivity contribution is 6.09. The van der Waals surface area contributed by atoms with Crippen molar-refractivity contribution in [3.8, 4) is 0 Å². The number of hydrogen-bond donors (Lipinski definition) is 2. The molecular formula is C22H23N3O3. The fourth-order valence-corrected chi connectivity index (χ4v) is 3.80. The van der Waals surface area contributed by atoms with Gasteiger partial charge < -0.3 is 10.6 Å². The summed E-state index contributed by atoms with van der Waals surface area (Å²) in [5, 5.41) is 5.75. The van der Waals surface area contributed by atoms with Crippen molar-refractivity contribution < 1.29 is 14.4 Å². The van der Waals surface area contributed by atoms with Gasteiger partial charge in [0.2, 0.25) is 5.91 Å². The lowest BCUT2D eigenvalue weighted by Crippen LogP contribution is -2.47. The first-order valence-electron chi connectivity index (χ1n) is 9.52. The predicted octanol–water partition coefficient (Wildman–Crippen LogP) is 2.61. The van der Waals surface area contributed by atoms with E-state index in [0.29, 0.717) is 0 Å². The van der Waals surface area contributed by atoms with Gasteiger partial charge in [-0.15, -0.1) is 0 Å². The quantitative estimate of drug-likeness (QED) is 0.760. The minimum atomic E-state index is -0.879. The van der Waals surface area contributed by atoms with Gasteiger partial charge in [0.05, 0.1) is 6.04 Å². The van der Waals surface area contributed by atoms with Crippen molar-refractivity contribution in [2.75, 3.05) is 6.54 Å². The highest BCUT2D eigenvalue weighted by Crippen LogP contribution is 2.42. The van der Waals surface area contributed by atoms with E-state index in [0.717, 1.165) is 28.9 Å². The van der Waals surface area contributed by atoms with E-state index in [1.54, 1.807) is 6.92 Å². The van der Waals surface area contributed by atoms with Gasteiger partial charge >= 0.3 is 6.03 Å². The lowest BCUT2D eigenvalue weighted by molar-refractivity contribution is -0.135. The second-order valence-corrected chi connectivity index (χ2v) is 7.62. The summed E-state index contributed by atoms with van der Waals surface area (Å²) in [6.45, 7) is 1.46. The Kier molecular flexibility index (Phi) is 4.63. The highest BCUT2D eigenvalue weighted by Gasteiger charge is 2.56. The maximum atomic E-state index is 12.8. The van der Waals surface area contributed by atoms with E-state index in [1.165, 1.54) is 0 Å². The Hall–Kier alpha value is -3.15. The van der Waals surface area contributed by atoms with Crippen LogP contribution in [0.4, 0.5) is 4.79 Å². The van der Waals surface area contributed by atoms with Gasteiger partial charge in [-0.3, -0.25) is 14.5 Å². The van der Waals surface area contributed by atoms with Crippen molar-refractivity contribution in [2.24, 2.45) is 5.92 Å². The standard InChI is InChI=1S/C22H23N3O3/c1-22(17-12-13-17)20(27)25(21(28)24-22)14-18(26)23-19(15-8-4-2-5-9-15)16-10-6-3-7-11-16/h2-11,17,19H,12-14H2,1H3,(H,23,26)(H,24,28). The SMILES string of the molecule is CC1(C2CC2)NC(=O)N(CC(=O)NC(c2ccccc2)c2ccccc2)C1=O. The number of amides is 4. The smallest absolute Gasteiger partial charge is 0.325 e. The molecule has 2 aliphatic rings. The first-order valence-corrected chi connectivity index (χ1v) is 9.52. The molecule has 1 saturated heterocycles. The zero-order chi connectivity index (χ0) is 19.7. The largest absolute Gasteiger partial charge is 0.344 e. The average molecular weight is 377 g/mol. The van der Waals surface area contributed by atoms with Crippen LogP contribution < -0.4 is 10.6 Å². The number of imide groups is 1. The molecule has 1 aliphatic heterocycles. The van der Waals surface area contributed by atoms with Gasteiger partial charge in [0.1, 0.15) is 12.1 Å². The zero-order valence-electron chi connectivity index (χ0n) is 15.7. The molecule has 0 bridgehead atoms. The number of rotatable bonds is 6. The topological polar surface area (TPSA) is 78.5 Å². The molecule has 6 heteroatoms. The number of nitrogens with one attached hydrogen (secondary N) is 2. The molecule has 1 heterocycles. The molecule has 4 rings (SSSR count). The molecule has 2 fully saturated rings. The summed E-state index contributed by atoms with van der Waals surface area (Å²) < 4.78 is 0. The molecule has 28 heavy (non-hydrogen) atoms. The number of benzene rings is 2. The summed E-state index contributed by atoms with van der Waals surface area (Å²) in [5.41, 5.74) is 0.986. The summed E-state index contributed by atoms with van der Waals surface area (Å²) in [7, 11) is 0. The molecule has 1 saturated carbocycles. The second kappa shape index (κ2) is 7.11. The van der Waals surface area contributed by atoms with Gasteiger partial charge in [-0.2, -0.15) is 0 Å². The van der Waals surface area contributed by atoms with Crippen molar-refractivity contribution in [1.29, 1.82) is 0 Å². The van der Waals surface area contributed by atoms with Crippen molar-refractivity contribution in [2.45, 2.75) is 31.3 Å². The number of carbonyl (C=O) groups excluding carboxylic acids is 3. The molecule has 0 aromatic heterocycles. The summed E-state index contributed by atoms with van der Waals surface area (Å²) in [6, 6.07) is 18.4. The van der Waals surface area contributed by atoms with Crippen molar-refractivity contribution in [1.82, 2.24) is 15.5 Å². The van der Waals surface area contributed by atoms with Crippen LogP contribution in [0.1, 0.15) is 36.9 Å². The fraction of sp³-hybridized carbons (Fsp3) is 0.318. The summed E-state index contributed by atoms with van der Waals surface area (Å²) >= 11 is 0. The molecule has 144 valence electrons. The third kappa shape index (κ3) is 3.38. The van der Waals surface area contributed by atoms with Crippen LogP contribution in [0, 0.1) is 5.92 Å². The lowest BCUT2D eigenvalue weighted by Gasteiger charge is -2.22. The Morgan fingerprint density at radius 2 is 1.61 bits per heavy atom. The van der Waals surface area contributed by atoms with Crippen LogP contribution in [-0.2, 0) is 9.59 Å². The Morgan fingerprint density at radius 1 is 1.07 bits per heavy atom. The first kappa shape index (κ1) is 18.2. The van der Waals surface area contributed by atoms with Crippen LogP contribution in [0.3, 0.4) is 0 Å². The van der Waals surface area contributed by atoms with E-state index in [2.05, 4.69) is 10.6 Å². The third-order valence-electron chi connectivity index (χ3n) is 5.57. The van der Waals surface area contributed by atoms with Gasteiger partial charge in [0.15, 0.2) is 0 Å². The number of urea groups is 1. The van der Waals surface area contributed by atoms with Crippen LogP contribution in [0.15, 0.2) is 60.7 Å². The Labute approximate surface area is 163 Å². The van der Waals surface area contributed by atoms with Gasteiger partial charge in [0.25, 0.3) is 5.91 Å². The molecule has 1 aliphatic carbocycles. The zero-order valence-corrected chi connectivity index (χ0v) is 15.7. The summed E-state index contributed by atoms with van der Waals surface area (Å²) in [6.07, 6.45) is 1.85. The number of carbonyl (C=O) groups is 3. The van der Waals surface area contributed by atoms with E-state index in [4.69, 9.17) is 0 Å². The van der Waals surface area contributed by atoms with Gasteiger partial charge in [0, 0.05) is 0 Å². The minimum Gasteiger partial charge on any atom is -0.344 e. The lowest BCUT2D eigenvalue weighted by atomic mass is 9.96. The Bertz CT molecular complexity index is 856. The molecule has 0 spiro atoms. The van der Waals surface area contributed by atoms with Gasteiger partial charge in [-0.1, -0.05) is 60.7 Å². The average Bonchev–Trinajstić information content (AvgIpc) is 3.54. The fourth-order valence-electron chi connectivity index (χ4n) is 3.80. The van der Waals surface area contributed by atoms with Crippen molar-refractivity contribution in [3.63, 3.8) is 0 Å². The molecule has 0 radical (unpaired) electrons. The summed E-state index contributed by atoms with van der Waals surface area (Å²) in [4.78, 5) is 38.8. The van der Waals surface area contributed by atoms with E-state index in [9.17, 15) is 14.4 Å². The van der Waals surface area contributed by atoms with Gasteiger partial charge in [-0.25, -0.2) is 4.79 Å². The Balaban J connectivity index is 1.51. The van der Waals surface area contributed by atoms with Crippen LogP contribution in [-0.4, -0.2) is 34.8 Å². The number of nitrogens with zero attached hydrogens (tertiary/aromatic N) is 1. The van der Waals surface area contributed by atoms with Crippen molar-refractivity contribution in [3.05, 3.63) is 71.8 Å². The molecule has 6 nitrogen and oxygen atoms in total. The third-order valence-corrected chi connectivity index (χ3v) is 5.57. The van der Waals surface area contributed by atoms with Crippen LogP contribution in [0.5, 0.6) is 0 Å². The van der Waals surface area contributed by atoms with Gasteiger partial charge in [-0.05, 0) is 36.8 Å². The second-order valence-electron chi connectivity index (χ2n) is 7.62. The first-order chi connectivity index (χ1) is 13.5. The monoisotopic (exact) mass is 377 g/mol. The van der Waals surface area contributed by atoms with Crippen molar-refractivity contribution >= 4 is 17.8 Å². The van der Waals surface area contributed by atoms with Crippen LogP contribution in [0.2, 0.25) is 0 Å². The molecule has 1 atom stereocenters. The molecule has 4 amide bonds. The van der Waals surface area contributed by atoms with Crippen LogP contribution in [0.25, 0.3) is 0 Å². The molecular weight excluding hydrogens is 354 g/mol. The highest BCUT2D eigenvalue weighted by atomic mass is 16.2. The minimum absolute atomic E-state index is 0.165. The predicted molar refractivity (Wildman–Crippen MR) is 104 cm³/mol. The molecule has 2 aromatic rings. The summed E-state index contributed by atoms with van der Waals surface area (Å²) in [5.74, 6) is -0.522. The van der Waals surface area contributed by atoms with E-state index in [-0.39, 0.29) is 30.3 Å².